The number of aryl methyl sites for hydroxylation is 3. The number of hydrogen-bond acceptors (Lipinski definition) is 7. The van der Waals surface area contributed by atoms with Crippen LogP contribution in [0.2, 0.25) is 5.02 Å². The first kappa shape index (κ1) is 22.3. The summed E-state index contributed by atoms with van der Waals surface area (Å²) in [6.45, 7) is 5.50. The molecule has 1 amide bonds. The molecule has 3 heterocycles. The SMILES string of the molecule is COC(=O)c1sc(N2C(=O)c3oc4cc(C)c(C)cc4c(=O)c3C2c2ccc(Cl)cc2)nc1C. The van der Waals surface area contributed by atoms with Gasteiger partial charge in [-0.15, -0.1) is 0 Å². The number of carbonyl (C=O) groups is 2. The van der Waals surface area contributed by atoms with Crippen LogP contribution in [0.4, 0.5) is 5.13 Å². The van der Waals surface area contributed by atoms with Crippen molar-refractivity contribution in [3.63, 3.8) is 0 Å². The third-order valence-corrected chi connectivity index (χ3v) is 7.42. The van der Waals surface area contributed by atoms with Crippen molar-refractivity contribution < 1.29 is 18.7 Å². The molecule has 1 aliphatic rings. The number of rotatable bonds is 3. The van der Waals surface area contributed by atoms with Crippen LogP contribution >= 0.6 is 22.9 Å². The number of methoxy groups -OCH3 is 1. The second-order valence-corrected chi connectivity index (χ2v) is 9.55. The van der Waals surface area contributed by atoms with E-state index in [1.807, 2.05) is 13.8 Å². The molecule has 9 heteroatoms. The number of esters is 1. The Balaban J connectivity index is 1.79. The molecular weight excluding hydrogens is 476 g/mol. The standard InChI is InChI=1S/C25H19ClN2O5S/c1-11-9-16-17(10-12(11)2)33-21-18(20(16)29)19(14-5-7-15(26)8-6-14)28(23(21)30)25-27-13(3)22(34-25)24(31)32-4/h5-10,19H,1-4H3. The van der Waals surface area contributed by atoms with Crippen LogP contribution in [-0.2, 0) is 4.74 Å². The van der Waals surface area contributed by atoms with Gasteiger partial charge in [-0.05, 0) is 61.7 Å². The molecular formula is C25H19ClN2O5S. The highest BCUT2D eigenvalue weighted by atomic mass is 35.5. The van der Waals surface area contributed by atoms with Crippen molar-refractivity contribution in [2.24, 2.45) is 0 Å². The number of nitrogens with zero attached hydrogens (tertiary/aromatic N) is 2. The number of hydrogen-bond donors (Lipinski definition) is 0. The minimum absolute atomic E-state index is 0.0341. The van der Waals surface area contributed by atoms with Gasteiger partial charge in [-0.3, -0.25) is 14.5 Å². The minimum Gasteiger partial charge on any atom is -0.465 e. The van der Waals surface area contributed by atoms with Crippen LogP contribution in [0.1, 0.15) is 54.2 Å². The van der Waals surface area contributed by atoms with Crippen LogP contribution in [0.15, 0.2) is 45.6 Å². The first-order valence-electron chi connectivity index (χ1n) is 10.4. The van der Waals surface area contributed by atoms with Crippen molar-refractivity contribution in [1.29, 1.82) is 0 Å². The van der Waals surface area contributed by atoms with Crippen LogP contribution < -0.4 is 10.3 Å². The van der Waals surface area contributed by atoms with E-state index in [1.165, 1.54) is 12.0 Å². The van der Waals surface area contributed by atoms with Crippen LogP contribution in [-0.4, -0.2) is 24.0 Å². The first-order chi connectivity index (χ1) is 16.2. The van der Waals surface area contributed by atoms with Gasteiger partial charge >= 0.3 is 5.97 Å². The van der Waals surface area contributed by atoms with Gasteiger partial charge in [0.25, 0.3) is 5.91 Å². The smallest absolute Gasteiger partial charge is 0.350 e. The molecule has 0 fully saturated rings. The van der Waals surface area contributed by atoms with Crippen LogP contribution in [0.25, 0.3) is 11.0 Å². The molecule has 0 spiro atoms. The van der Waals surface area contributed by atoms with Crippen LogP contribution in [0.5, 0.6) is 0 Å². The molecule has 0 saturated carbocycles. The number of ether oxygens (including phenoxy) is 1. The number of thiazole rings is 1. The molecule has 7 nitrogen and oxygen atoms in total. The Bertz CT molecular complexity index is 1550. The molecule has 0 radical (unpaired) electrons. The highest BCUT2D eigenvalue weighted by molar-refractivity contribution is 7.17. The lowest BCUT2D eigenvalue weighted by Gasteiger charge is -2.22. The fourth-order valence-electron chi connectivity index (χ4n) is 4.15. The average Bonchev–Trinajstić information content (AvgIpc) is 3.33. The lowest BCUT2D eigenvalue weighted by atomic mass is 9.97. The van der Waals surface area contributed by atoms with E-state index in [0.29, 0.717) is 27.2 Å². The fourth-order valence-corrected chi connectivity index (χ4v) is 5.29. The maximum Gasteiger partial charge on any atom is 0.350 e. The number of carbonyl (C=O) groups excluding carboxylic acids is 2. The Morgan fingerprint density at radius 1 is 1.12 bits per heavy atom. The summed E-state index contributed by atoms with van der Waals surface area (Å²) in [7, 11) is 1.28. The predicted octanol–water partition coefficient (Wildman–Crippen LogP) is 5.36. The van der Waals surface area contributed by atoms with Gasteiger partial charge in [0.2, 0.25) is 5.76 Å². The van der Waals surface area contributed by atoms with E-state index in [-0.39, 0.29) is 26.8 Å². The summed E-state index contributed by atoms with van der Waals surface area (Å²) in [6.07, 6.45) is 0. The number of fused-ring (bicyclic) bond motifs is 2. The van der Waals surface area contributed by atoms with Gasteiger partial charge in [0, 0.05) is 5.02 Å². The highest BCUT2D eigenvalue weighted by Crippen LogP contribution is 2.43. The predicted molar refractivity (Wildman–Crippen MR) is 130 cm³/mol. The zero-order valence-electron chi connectivity index (χ0n) is 18.8. The van der Waals surface area contributed by atoms with E-state index < -0.39 is 17.9 Å². The topological polar surface area (TPSA) is 89.7 Å². The second kappa shape index (κ2) is 8.07. The molecule has 0 aliphatic carbocycles. The van der Waals surface area contributed by atoms with E-state index in [1.54, 1.807) is 43.3 Å². The average molecular weight is 495 g/mol. The van der Waals surface area contributed by atoms with Crippen LogP contribution in [0.3, 0.4) is 0 Å². The normalized spacial score (nSPS) is 15.1. The summed E-state index contributed by atoms with van der Waals surface area (Å²) in [5.74, 6) is -1.08. The zero-order valence-corrected chi connectivity index (χ0v) is 20.3. The number of benzene rings is 2. The molecule has 5 rings (SSSR count). The molecule has 1 unspecified atom stereocenters. The molecule has 2 aromatic heterocycles. The molecule has 0 N–H and O–H groups in total. The first-order valence-corrected chi connectivity index (χ1v) is 11.6. The fraction of sp³-hybridized carbons (Fsp3) is 0.200. The van der Waals surface area contributed by atoms with Gasteiger partial charge in [-0.25, -0.2) is 9.78 Å². The van der Waals surface area contributed by atoms with Crippen LogP contribution in [0, 0.1) is 20.8 Å². The Labute approximate surface area is 203 Å². The molecule has 1 atom stereocenters. The number of anilines is 1. The summed E-state index contributed by atoms with van der Waals surface area (Å²) in [5, 5.41) is 1.20. The highest BCUT2D eigenvalue weighted by Gasteiger charge is 2.45. The minimum atomic E-state index is -0.793. The Hall–Kier alpha value is -3.49. The third-order valence-electron chi connectivity index (χ3n) is 6.03. The van der Waals surface area contributed by atoms with Crippen molar-refractivity contribution in [3.05, 3.63) is 90.2 Å². The number of amides is 1. The molecule has 1 aliphatic heterocycles. The molecule has 34 heavy (non-hydrogen) atoms. The maximum absolute atomic E-state index is 13.7. The molecule has 0 bridgehead atoms. The third kappa shape index (κ3) is 3.33. The Morgan fingerprint density at radius 3 is 2.47 bits per heavy atom. The van der Waals surface area contributed by atoms with Gasteiger partial charge in [-0.1, -0.05) is 35.1 Å². The number of aromatic nitrogens is 1. The van der Waals surface area contributed by atoms with Crippen molar-refractivity contribution >= 4 is 50.9 Å². The van der Waals surface area contributed by atoms with E-state index in [2.05, 4.69) is 4.98 Å². The Morgan fingerprint density at radius 2 is 1.79 bits per heavy atom. The summed E-state index contributed by atoms with van der Waals surface area (Å²) in [4.78, 5) is 45.7. The van der Waals surface area contributed by atoms with E-state index in [9.17, 15) is 14.4 Å². The van der Waals surface area contributed by atoms with Crippen molar-refractivity contribution in [2.45, 2.75) is 26.8 Å². The van der Waals surface area contributed by atoms with E-state index in [4.69, 9.17) is 20.8 Å². The Kier molecular flexibility index (Phi) is 5.30. The molecule has 0 saturated heterocycles. The summed E-state index contributed by atoms with van der Waals surface area (Å²) < 4.78 is 10.9. The molecule has 172 valence electrons. The lowest BCUT2D eigenvalue weighted by Crippen LogP contribution is -2.29. The van der Waals surface area contributed by atoms with Crippen molar-refractivity contribution in [3.8, 4) is 0 Å². The lowest BCUT2D eigenvalue weighted by molar-refractivity contribution is 0.0605. The van der Waals surface area contributed by atoms with Gasteiger partial charge in [0.1, 0.15) is 10.5 Å². The molecule has 2 aromatic carbocycles. The summed E-state index contributed by atoms with van der Waals surface area (Å²) in [5.41, 5.74) is 3.29. The second-order valence-electron chi connectivity index (χ2n) is 8.14. The summed E-state index contributed by atoms with van der Waals surface area (Å²) in [6, 6.07) is 9.66. The van der Waals surface area contributed by atoms with Gasteiger partial charge < -0.3 is 9.15 Å². The van der Waals surface area contributed by atoms with Gasteiger partial charge in [-0.2, -0.15) is 0 Å². The monoisotopic (exact) mass is 494 g/mol. The molecule has 4 aromatic rings. The van der Waals surface area contributed by atoms with E-state index >= 15 is 0 Å². The van der Waals surface area contributed by atoms with E-state index in [0.717, 1.165) is 22.5 Å². The van der Waals surface area contributed by atoms with Gasteiger partial charge in [0.15, 0.2) is 10.6 Å². The summed E-state index contributed by atoms with van der Waals surface area (Å²) >= 11 is 7.12. The van der Waals surface area contributed by atoms with Gasteiger partial charge in [0.05, 0.1) is 29.8 Å². The quantitative estimate of drug-likeness (QED) is 0.356. The largest absolute Gasteiger partial charge is 0.465 e. The van der Waals surface area contributed by atoms with Crippen molar-refractivity contribution in [1.82, 2.24) is 4.98 Å². The van der Waals surface area contributed by atoms with Crippen molar-refractivity contribution in [2.75, 3.05) is 12.0 Å². The maximum atomic E-state index is 13.7. The number of halogens is 1. The zero-order chi connectivity index (χ0) is 24.3.